The van der Waals surface area contributed by atoms with Gasteiger partial charge in [-0.1, -0.05) is 13.8 Å². The Labute approximate surface area is 77.9 Å². The predicted octanol–water partition coefficient (Wildman–Crippen LogP) is 2.39. The van der Waals surface area contributed by atoms with E-state index in [9.17, 15) is 0 Å². The van der Waals surface area contributed by atoms with E-state index in [1.165, 1.54) is 0 Å². The Morgan fingerprint density at radius 2 is 1.67 bits per heavy atom. The van der Waals surface area contributed by atoms with Crippen LogP contribution in [0, 0.1) is 0 Å². The van der Waals surface area contributed by atoms with E-state index in [1.54, 1.807) is 0 Å². The molecule has 0 bridgehead atoms. The van der Waals surface area contributed by atoms with Crippen molar-refractivity contribution in [3.63, 3.8) is 0 Å². The number of hydrogen-bond donors (Lipinski definition) is 0. The zero-order valence-corrected chi connectivity index (χ0v) is 9.55. The molecule has 0 aromatic heterocycles. The van der Waals surface area contributed by atoms with E-state index in [4.69, 9.17) is 4.74 Å². The highest BCUT2D eigenvalue weighted by atomic mass is 16.5. The second kappa shape index (κ2) is 10.9. The van der Waals surface area contributed by atoms with Crippen molar-refractivity contribution in [2.45, 2.75) is 40.2 Å². The van der Waals surface area contributed by atoms with Crippen molar-refractivity contribution < 1.29 is 4.74 Å². The van der Waals surface area contributed by atoms with E-state index >= 15 is 0 Å². The molecule has 0 rings (SSSR count). The highest BCUT2D eigenvalue weighted by Gasteiger charge is 1.93. The van der Waals surface area contributed by atoms with Gasteiger partial charge in [0, 0.05) is 6.61 Å². The summed E-state index contributed by atoms with van der Waals surface area (Å²) >= 11 is 0. The third-order valence-electron chi connectivity index (χ3n) is 1.20. The Morgan fingerprint density at radius 1 is 1.17 bits per heavy atom. The number of rotatable bonds is 5. The summed E-state index contributed by atoms with van der Waals surface area (Å²) in [6.07, 6.45) is 1.51. The second-order valence-corrected chi connectivity index (χ2v) is 3.08. The molecule has 76 valence electrons. The topological polar surface area (TPSA) is 12.5 Å². The third kappa shape index (κ3) is 16.5. The summed E-state index contributed by atoms with van der Waals surface area (Å²) in [6.45, 7) is 10.1. The summed E-state index contributed by atoms with van der Waals surface area (Å²) in [5, 5.41) is 0. The lowest BCUT2D eigenvalue weighted by Gasteiger charge is -2.10. The molecule has 0 N–H and O–H groups in total. The summed E-state index contributed by atoms with van der Waals surface area (Å²) in [4.78, 5) is 2.17. The van der Waals surface area contributed by atoms with Crippen LogP contribution in [0.25, 0.3) is 0 Å². The Hall–Kier alpha value is -0.0800. The summed E-state index contributed by atoms with van der Waals surface area (Å²) in [6, 6.07) is 0. The molecule has 0 aromatic carbocycles. The molecule has 0 amide bonds. The van der Waals surface area contributed by atoms with Gasteiger partial charge in [-0.05, 0) is 40.9 Å². The highest BCUT2D eigenvalue weighted by Crippen LogP contribution is 1.90. The van der Waals surface area contributed by atoms with E-state index < -0.39 is 0 Å². The quantitative estimate of drug-likeness (QED) is 0.595. The van der Waals surface area contributed by atoms with Gasteiger partial charge >= 0.3 is 0 Å². The maximum atomic E-state index is 5.37. The fraction of sp³-hybridized carbons (Fsp3) is 1.00. The third-order valence-corrected chi connectivity index (χ3v) is 1.20. The minimum atomic E-state index is 0.377. The maximum Gasteiger partial charge on any atom is 0.0518 e. The molecule has 0 saturated heterocycles. The predicted molar refractivity (Wildman–Crippen MR) is 55.6 cm³/mol. The van der Waals surface area contributed by atoms with Crippen LogP contribution in [0.5, 0.6) is 0 Å². The SMILES string of the molecule is CC.CC(C)OCCCN(C)C. The van der Waals surface area contributed by atoms with Gasteiger partial charge < -0.3 is 9.64 Å². The minimum Gasteiger partial charge on any atom is -0.379 e. The van der Waals surface area contributed by atoms with E-state index in [1.807, 2.05) is 13.8 Å². The smallest absolute Gasteiger partial charge is 0.0518 e. The molecular weight excluding hydrogens is 150 g/mol. The number of ether oxygens (including phenoxy) is 1. The van der Waals surface area contributed by atoms with Gasteiger partial charge in [0.05, 0.1) is 6.10 Å². The Balaban J connectivity index is 0. The van der Waals surface area contributed by atoms with Crippen molar-refractivity contribution in [1.29, 1.82) is 0 Å². The molecule has 0 radical (unpaired) electrons. The minimum absolute atomic E-state index is 0.377. The van der Waals surface area contributed by atoms with Crippen molar-refractivity contribution >= 4 is 0 Å². The summed E-state index contributed by atoms with van der Waals surface area (Å²) in [7, 11) is 4.16. The molecule has 0 heterocycles. The van der Waals surface area contributed by atoms with Crippen molar-refractivity contribution in [3.8, 4) is 0 Å². The van der Waals surface area contributed by atoms with E-state index in [0.29, 0.717) is 6.10 Å². The van der Waals surface area contributed by atoms with E-state index in [0.717, 1.165) is 19.6 Å². The second-order valence-electron chi connectivity index (χ2n) is 3.08. The molecule has 0 unspecified atom stereocenters. The summed E-state index contributed by atoms with van der Waals surface area (Å²) in [5.74, 6) is 0. The van der Waals surface area contributed by atoms with Gasteiger partial charge in [0.15, 0.2) is 0 Å². The molecule has 0 spiro atoms. The Bertz CT molecular complexity index is 62.2. The standard InChI is InChI=1S/C8H19NO.C2H6/c1-8(2)10-7-5-6-9(3)4;1-2/h8H,5-7H2,1-4H3;1-2H3. The molecule has 0 aliphatic heterocycles. The molecule has 0 fully saturated rings. The first-order valence-corrected chi connectivity index (χ1v) is 4.89. The van der Waals surface area contributed by atoms with Crippen LogP contribution in [0.4, 0.5) is 0 Å². The Kier molecular flexibility index (Phi) is 13.1. The van der Waals surface area contributed by atoms with Crippen LogP contribution >= 0.6 is 0 Å². The molecule has 0 atom stereocenters. The van der Waals surface area contributed by atoms with E-state index in [2.05, 4.69) is 32.8 Å². The first-order chi connectivity index (χ1) is 5.63. The molecule has 2 heteroatoms. The van der Waals surface area contributed by atoms with Crippen molar-refractivity contribution in [1.82, 2.24) is 4.90 Å². The lowest BCUT2D eigenvalue weighted by molar-refractivity contribution is 0.0733. The zero-order valence-electron chi connectivity index (χ0n) is 9.55. The van der Waals surface area contributed by atoms with Crippen LogP contribution in [0.3, 0.4) is 0 Å². The van der Waals surface area contributed by atoms with Crippen LogP contribution in [0.1, 0.15) is 34.1 Å². The zero-order chi connectivity index (χ0) is 9.98. The van der Waals surface area contributed by atoms with Crippen LogP contribution in [-0.4, -0.2) is 38.3 Å². The van der Waals surface area contributed by atoms with Crippen LogP contribution < -0.4 is 0 Å². The van der Waals surface area contributed by atoms with Crippen molar-refractivity contribution in [2.24, 2.45) is 0 Å². The first kappa shape index (κ1) is 14.4. The maximum absolute atomic E-state index is 5.37. The van der Waals surface area contributed by atoms with Crippen molar-refractivity contribution in [3.05, 3.63) is 0 Å². The van der Waals surface area contributed by atoms with Gasteiger partial charge in [-0.25, -0.2) is 0 Å². The molecule has 0 saturated carbocycles. The number of nitrogens with zero attached hydrogens (tertiary/aromatic N) is 1. The van der Waals surface area contributed by atoms with Crippen LogP contribution in [0.2, 0.25) is 0 Å². The lowest BCUT2D eigenvalue weighted by atomic mass is 10.4. The van der Waals surface area contributed by atoms with Crippen LogP contribution in [-0.2, 0) is 4.74 Å². The summed E-state index contributed by atoms with van der Waals surface area (Å²) in [5.41, 5.74) is 0. The van der Waals surface area contributed by atoms with Gasteiger partial charge in [-0.3, -0.25) is 0 Å². The monoisotopic (exact) mass is 175 g/mol. The average molecular weight is 175 g/mol. The fourth-order valence-electron chi connectivity index (χ4n) is 0.700. The molecule has 2 nitrogen and oxygen atoms in total. The first-order valence-electron chi connectivity index (χ1n) is 4.89. The normalized spacial score (nSPS) is 10.0. The fourth-order valence-corrected chi connectivity index (χ4v) is 0.700. The van der Waals surface area contributed by atoms with Gasteiger partial charge in [-0.2, -0.15) is 0 Å². The van der Waals surface area contributed by atoms with Crippen molar-refractivity contribution in [2.75, 3.05) is 27.2 Å². The molecule has 0 aliphatic rings. The summed E-state index contributed by atoms with van der Waals surface area (Å²) < 4.78 is 5.37. The number of hydrogen-bond acceptors (Lipinski definition) is 2. The molecule has 0 aliphatic carbocycles. The Morgan fingerprint density at radius 3 is 2.00 bits per heavy atom. The highest BCUT2D eigenvalue weighted by molar-refractivity contribution is 4.44. The van der Waals surface area contributed by atoms with Gasteiger partial charge in [0.2, 0.25) is 0 Å². The molecule has 12 heavy (non-hydrogen) atoms. The van der Waals surface area contributed by atoms with Gasteiger partial charge in [0.1, 0.15) is 0 Å². The molecule has 0 aromatic rings. The van der Waals surface area contributed by atoms with E-state index in [-0.39, 0.29) is 0 Å². The largest absolute Gasteiger partial charge is 0.379 e. The average Bonchev–Trinajstić information content (AvgIpc) is 2.02. The lowest BCUT2D eigenvalue weighted by Crippen LogP contribution is -2.15. The van der Waals surface area contributed by atoms with Crippen LogP contribution in [0.15, 0.2) is 0 Å². The van der Waals surface area contributed by atoms with Gasteiger partial charge in [0.25, 0.3) is 0 Å². The van der Waals surface area contributed by atoms with Gasteiger partial charge in [-0.15, -0.1) is 0 Å². The molecular formula is C10H25NO.